The molecular weight excluding hydrogens is 369 g/mol. The lowest BCUT2D eigenvalue weighted by atomic mass is 10.2. The van der Waals surface area contributed by atoms with Crippen molar-refractivity contribution < 1.29 is 9.47 Å². The summed E-state index contributed by atoms with van der Waals surface area (Å²) in [5.74, 6) is 1.53. The molecule has 142 valence electrons. The molecule has 0 aliphatic carbocycles. The Kier molecular flexibility index (Phi) is 9.51. The Morgan fingerprint density at radius 1 is 0.885 bits per heavy atom. The van der Waals surface area contributed by atoms with Crippen molar-refractivity contribution in [2.75, 3.05) is 25.1 Å². The normalized spacial score (nSPS) is 10.6. The minimum Gasteiger partial charge on any atom is -0.494 e. The maximum atomic E-state index is 6.09. The highest BCUT2D eigenvalue weighted by Crippen LogP contribution is 2.27. The van der Waals surface area contributed by atoms with E-state index in [1.807, 2.05) is 24.3 Å². The van der Waals surface area contributed by atoms with Crippen LogP contribution in [0.2, 0.25) is 10.0 Å². The van der Waals surface area contributed by atoms with Crippen LogP contribution >= 0.6 is 23.2 Å². The summed E-state index contributed by atoms with van der Waals surface area (Å²) in [5.41, 5.74) is 1.01. The fraction of sp³-hybridized carbons (Fsp3) is 0.429. The SMILES string of the molecule is CCCCCCCOc1cccc(NCCOc2ccc(Cl)cc2Cl)c1. The van der Waals surface area contributed by atoms with Gasteiger partial charge in [0.15, 0.2) is 0 Å². The lowest BCUT2D eigenvalue weighted by molar-refractivity contribution is 0.304. The van der Waals surface area contributed by atoms with Crippen molar-refractivity contribution in [3.63, 3.8) is 0 Å². The van der Waals surface area contributed by atoms with E-state index < -0.39 is 0 Å². The van der Waals surface area contributed by atoms with Crippen LogP contribution in [-0.2, 0) is 0 Å². The zero-order chi connectivity index (χ0) is 18.6. The third-order valence-corrected chi connectivity index (χ3v) is 4.46. The number of benzene rings is 2. The van der Waals surface area contributed by atoms with Crippen LogP contribution in [0, 0.1) is 0 Å². The van der Waals surface area contributed by atoms with E-state index in [0.717, 1.165) is 24.5 Å². The van der Waals surface area contributed by atoms with Crippen molar-refractivity contribution in [2.45, 2.75) is 39.0 Å². The molecule has 5 heteroatoms. The van der Waals surface area contributed by atoms with Gasteiger partial charge in [0.05, 0.1) is 11.6 Å². The number of hydrogen-bond donors (Lipinski definition) is 1. The molecule has 1 N–H and O–H groups in total. The molecule has 0 aromatic heterocycles. The molecule has 0 aliphatic heterocycles. The Hall–Kier alpha value is -1.58. The number of rotatable bonds is 12. The van der Waals surface area contributed by atoms with Gasteiger partial charge in [-0.1, -0.05) is 61.9 Å². The number of unbranched alkanes of at least 4 members (excludes halogenated alkanes) is 4. The van der Waals surface area contributed by atoms with Crippen LogP contribution < -0.4 is 14.8 Å². The first kappa shape index (κ1) is 20.7. The van der Waals surface area contributed by atoms with Gasteiger partial charge in [-0.25, -0.2) is 0 Å². The fourth-order valence-electron chi connectivity index (χ4n) is 2.54. The van der Waals surface area contributed by atoms with Gasteiger partial charge in [-0.2, -0.15) is 0 Å². The summed E-state index contributed by atoms with van der Waals surface area (Å²) >= 11 is 12.0. The minimum atomic E-state index is 0.504. The number of anilines is 1. The van der Waals surface area contributed by atoms with Crippen LogP contribution in [0.3, 0.4) is 0 Å². The second-order valence-electron chi connectivity index (χ2n) is 6.14. The predicted octanol–water partition coefficient (Wildman–Crippen LogP) is 6.83. The third kappa shape index (κ3) is 7.76. The van der Waals surface area contributed by atoms with E-state index in [1.165, 1.54) is 25.7 Å². The molecule has 26 heavy (non-hydrogen) atoms. The predicted molar refractivity (Wildman–Crippen MR) is 111 cm³/mol. The fourth-order valence-corrected chi connectivity index (χ4v) is 3.00. The van der Waals surface area contributed by atoms with Crippen LogP contribution in [0.1, 0.15) is 39.0 Å². The molecule has 2 aromatic rings. The first-order valence-corrected chi connectivity index (χ1v) is 9.99. The molecular formula is C21H27Cl2NO2. The monoisotopic (exact) mass is 395 g/mol. The van der Waals surface area contributed by atoms with E-state index in [-0.39, 0.29) is 0 Å². The van der Waals surface area contributed by atoms with Crippen molar-refractivity contribution in [3.05, 3.63) is 52.5 Å². The highest BCUT2D eigenvalue weighted by Gasteiger charge is 2.02. The molecule has 0 amide bonds. The molecule has 0 bridgehead atoms. The van der Waals surface area contributed by atoms with Crippen LogP contribution in [0.5, 0.6) is 11.5 Å². The van der Waals surface area contributed by atoms with Crippen LogP contribution in [0.15, 0.2) is 42.5 Å². The molecule has 0 saturated heterocycles. The maximum absolute atomic E-state index is 6.09. The molecule has 0 unspecified atom stereocenters. The van der Waals surface area contributed by atoms with Crippen molar-refractivity contribution >= 4 is 28.9 Å². The Bertz CT molecular complexity index is 664. The molecule has 0 heterocycles. The zero-order valence-corrected chi connectivity index (χ0v) is 16.8. The average Bonchev–Trinajstić information content (AvgIpc) is 2.63. The summed E-state index contributed by atoms with van der Waals surface area (Å²) in [4.78, 5) is 0. The van der Waals surface area contributed by atoms with Gasteiger partial charge in [-0.3, -0.25) is 0 Å². The van der Waals surface area contributed by atoms with Gasteiger partial charge in [0.1, 0.15) is 18.1 Å². The number of halogens is 2. The van der Waals surface area contributed by atoms with Gasteiger partial charge in [0.25, 0.3) is 0 Å². The first-order chi connectivity index (χ1) is 12.7. The van der Waals surface area contributed by atoms with Crippen LogP contribution in [0.4, 0.5) is 5.69 Å². The largest absolute Gasteiger partial charge is 0.494 e. The van der Waals surface area contributed by atoms with E-state index in [0.29, 0.717) is 28.9 Å². The summed E-state index contributed by atoms with van der Waals surface area (Å²) in [7, 11) is 0. The van der Waals surface area contributed by atoms with E-state index in [2.05, 4.69) is 12.2 Å². The smallest absolute Gasteiger partial charge is 0.138 e. The second kappa shape index (κ2) is 11.9. The van der Waals surface area contributed by atoms with E-state index >= 15 is 0 Å². The maximum Gasteiger partial charge on any atom is 0.138 e. The lowest BCUT2D eigenvalue weighted by Gasteiger charge is -2.11. The van der Waals surface area contributed by atoms with Crippen LogP contribution in [-0.4, -0.2) is 19.8 Å². The highest BCUT2D eigenvalue weighted by molar-refractivity contribution is 6.35. The average molecular weight is 396 g/mol. The quantitative estimate of drug-likeness (QED) is 0.399. The molecule has 0 saturated carbocycles. The molecule has 3 nitrogen and oxygen atoms in total. The number of ether oxygens (including phenoxy) is 2. The molecule has 2 rings (SSSR count). The van der Waals surface area contributed by atoms with Gasteiger partial charge in [0.2, 0.25) is 0 Å². The van der Waals surface area contributed by atoms with Crippen molar-refractivity contribution in [2.24, 2.45) is 0 Å². The molecule has 0 aliphatic rings. The summed E-state index contributed by atoms with van der Waals surface area (Å²) in [6.07, 6.45) is 6.20. The van der Waals surface area contributed by atoms with E-state index in [4.69, 9.17) is 32.7 Å². The van der Waals surface area contributed by atoms with E-state index in [9.17, 15) is 0 Å². The van der Waals surface area contributed by atoms with Crippen LogP contribution in [0.25, 0.3) is 0 Å². The standard InChI is InChI=1S/C21H27Cl2NO2/c1-2-3-4-5-6-13-25-19-9-7-8-18(16-19)24-12-14-26-21-11-10-17(22)15-20(21)23/h7-11,15-16,24H,2-6,12-14H2,1H3. The third-order valence-electron chi connectivity index (χ3n) is 3.93. The number of nitrogens with one attached hydrogen (secondary N) is 1. The first-order valence-electron chi connectivity index (χ1n) is 9.23. The number of hydrogen-bond acceptors (Lipinski definition) is 3. The summed E-state index contributed by atoms with van der Waals surface area (Å²) in [6.45, 7) is 4.17. The molecule has 2 aromatic carbocycles. The Balaban J connectivity index is 1.67. The summed E-state index contributed by atoms with van der Waals surface area (Å²) < 4.78 is 11.5. The van der Waals surface area contributed by atoms with Crippen molar-refractivity contribution in [3.8, 4) is 11.5 Å². The Morgan fingerprint density at radius 3 is 2.54 bits per heavy atom. The van der Waals surface area contributed by atoms with Gasteiger partial charge in [0, 0.05) is 23.3 Å². The lowest BCUT2D eigenvalue weighted by Crippen LogP contribution is -2.11. The van der Waals surface area contributed by atoms with Gasteiger partial charge < -0.3 is 14.8 Å². The van der Waals surface area contributed by atoms with Gasteiger partial charge >= 0.3 is 0 Å². The van der Waals surface area contributed by atoms with E-state index in [1.54, 1.807) is 18.2 Å². The Morgan fingerprint density at radius 2 is 1.73 bits per heavy atom. The zero-order valence-electron chi connectivity index (χ0n) is 15.3. The van der Waals surface area contributed by atoms with Crippen molar-refractivity contribution in [1.29, 1.82) is 0 Å². The second-order valence-corrected chi connectivity index (χ2v) is 6.98. The minimum absolute atomic E-state index is 0.504. The molecule has 0 spiro atoms. The molecule has 0 atom stereocenters. The van der Waals surface area contributed by atoms with Gasteiger partial charge in [-0.05, 0) is 36.8 Å². The summed E-state index contributed by atoms with van der Waals surface area (Å²) in [5, 5.41) is 4.45. The topological polar surface area (TPSA) is 30.5 Å². The highest BCUT2D eigenvalue weighted by atomic mass is 35.5. The van der Waals surface area contributed by atoms with Crippen molar-refractivity contribution in [1.82, 2.24) is 0 Å². The summed E-state index contributed by atoms with van der Waals surface area (Å²) in [6, 6.07) is 13.2. The molecule has 0 fully saturated rings. The molecule has 0 radical (unpaired) electrons. The Labute approximate surface area is 166 Å². The van der Waals surface area contributed by atoms with Gasteiger partial charge in [-0.15, -0.1) is 0 Å².